The van der Waals surface area contributed by atoms with Crippen molar-refractivity contribution in [1.82, 2.24) is 4.98 Å². The third kappa shape index (κ3) is 2.40. The molecule has 0 unspecified atom stereocenters. The fraction of sp³-hybridized carbons (Fsp3) is 0.308. The van der Waals surface area contributed by atoms with E-state index in [2.05, 4.69) is 20.9 Å². The van der Waals surface area contributed by atoms with E-state index in [1.807, 2.05) is 0 Å². The highest BCUT2D eigenvalue weighted by Gasteiger charge is 2.18. The lowest BCUT2D eigenvalue weighted by atomic mass is 10.2. The van der Waals surface area contributed by atoms with Crippen LogP contribution in [0.15, 0.2) is 16.6 Å². The van der Waals surface area contributed by atoms with E-state index in [0.29, 0.717) is 29.3 Å². The van der Waals surface area contributed by atoms with Gasteiger partial charge in [0.2, 0.25) is 0 Å². The van der Waals surface area contributed by atoms with Crippen LogP contribution in [0.3, 0.4) is 0 Å². The number of nitrogens with one attached hydrogen (secondary N) is 1. The average molecular weight is 328 g/mol. The first-order valence-corrected chi connectivity index (χ1v) is 6.52. The predicted molar refractivity (Wildman–Crippen MR) is 75.1 cm³/mol. The number of hydrogen-bond acceptors (Lipinski definition) is 4. The number of H-pyrrole nitrogens is 1. The zero-order valence-electron chi connectivity index (χ0n) is 10.9. The van der Waals surface area contributed by atoms with E-state index in [4.69, 9.17) is 14.2 Å². The summed E-state index contributed by atoms with van der Waals surface area (Å²) < 4.78 is 16.4. The molecule has 0 aliphatic carbocycles. The van der Waals surface area contributed by atoms with Gasteiger partial charge in [0.25, 0.3) is 0 Å². The van der Waals surface area contributed by atoms with Crippen molar-refractivity contribution in [3.05, 3.63) is 22.3 Å². The predicted octanol–water partition coefficient (Wildman–Crippen LogP) is 3.12. The molecule has 1 aromatic heterocycles. The van der Waals surface area contributed by atoms with Crippen LogP contribution in [0, 0.1) is 0 Å². The van der Waals surface area contributed by atoms with Crippen LogP contribution in [0.5, 0.6) is 11.5 Å². The normalized spacial score (nSPS) is 10.5. The van der Waals surface area contributed by atoms with Crippen molar-refractivity contribution >= 4 is 32.8 Å². The summed E-state index contributed by atoms with van der Waals surface area (Å²) in [6.45, 7) is 2.09. The van der Waals surface area contributed by atoms with Crippen LogP contribution in [-0.4, -0.2) is 31.8 Å². The maximum atomic E-state index is 11.7. The summed E-state index contributed by atoms with van der Waals surface area (Å²) in [5.41, 5.74) is 1.07. The van der Waals surface area contributed by atoms with Crippen LogP contribution >= 0.6 is 15.9 Å². The number of benzene rings is 1. The molecule has 0 spiro atoms. The number of halogens is 1. The van der Waals surface area contributed by atoms with Gasteiger partial charge in [0.15, 0.2) is 11.5 Å². The maximum Gasteiger partial charge on any atom is 0.354 e. The van der Waals surface area contributed by atoms with Gasteiger partial charge in [0, 0.05) is 9.86 Å². The van der Waals surface area contributed by atoms with Crippen LogP contribution in [0.2, 0.25) is 0 Å². The van der Waals surface area contributed by atoms with Crippen LogP contribution in [-0.2, 0) is 4.74 Å². The molecule has 1 aromatic carbocycles. The molecule has 102 valence electrons. The lowest BCUT2D eigenvalue weighted by Crippen LogP contribution is -2.04. The molecule has 2 rings (SSSR count). The standard InChI is InChI=1S/C13H14BrNO4/c1-4-19-13(16)9-5-7-8(14)6-10(17-2)12(18-3)11(7)15-9/h5-6,15H,4H2,1-3H3. The molecule has 2 aromatic rings. The molecule has 19 heavy (non-hydrogen) atoms. The molecular weight excluding hydrogens is 314 g/mol. The molecule has 0 aliphatic heterocycles. The Morgan fingerprint density at radius 2 is 2.05 bits per heavy atom. The third-order valence-electron chi connectivity index (χ3n) is 2.70. The topological polar surface area (TPSA) is 60.6 Å². The quantitative estimate of drug-likeness (QED) is 0.876. The first-order valence-electron chi connectivity index (χ1n) is 5.72. The monoisotopic (exact) mass is 327 g/mol. The largest absolute Gasteiger partial charge is 0.493 e. The maximum absolute atomic E-state index is 11.7. The molecule has 0 fully saturated rings. The van der Waals surface area contributed by atoms with Gasteiger partial charge in [-0.2, -0.15) is 0 Å². The zero-order chi connectivity index (χ0) is 14.0. The number of aromatic nitrogens is 1. The zero-order valence-corrected chi connectivity index (χ0v) is 12.5. The minimum atomic E-state index is -0.397. The second-order valence-corrected chi connectivity index (χ2v) is 4.64. The van der Waals surface area contributed by atoms with Crippen molar-refractivity contribution in [3.8, 4) is 11.5 Å². The molecule has 5 nitrogen and oxygen atoms in total. The second-order valence-electron chi connectivity index (χ2n) is 3.79. The number of carbonyl (C=O) groups is 1. The van der Waals surface area contributed by atoms with Crippen molar-refractivity contribution in [2.75, 3.05) is 20.8 Å². The fourth-order valence-corrected chi connectivity index (χ4v) is 2.40. The molecule has 0 saturated heterocycles. The van der Waals surface area contributed by atoms with Gasteiger partial charge < -0.3 is 19.2 Å². The summed E-state index contributed by atoms with van der Waals surface area (Å²) >= 11 is 3.45. The Balaban J connectivity index is 2.63. The molecule has 0 aliphatic rings. The van der Waals surface area contributed by atoms with E-state index in [1.54, 1.807) is 33.3 Å². The van der Waals surface area contributed by atoms with Crippen LogP contribution in [0.1, 0.15) is 17.4 Å². The van der Waals surface area contributed by atoms with Crippen LogP contribution < -0.4 is 9.47 Å². The highest BCUT2D eigenvalue weighted by Crippen LogP contribution is 2.40. The van der Waals surface area contributed by atoms with Gasteiger partial charge in [-0.25, -0.2) is 4.79 Å². The SMILES string of the molecule is CCOC(=O)c1cc2c(Br)cc(OC)c(OC)c2[nH]1. The van der Waals surface area contributed by atoms with Crippen molar-refractivity contribution in [3.63, 3.8) is 0 Å². The minimum Gasteiger partial charge on any atom is -0.493 e. The fourth-order valence-electron chi connectivity index (χ4n) is 1.88. The lowest BCUT2D eigenvalue weighted by Gasteiger charge is -2.09. The van der Waals surface area contributed by atoms with Crippen molar-refractivity contribution in [2.45, 2.75) is 6.92 Å². The smallest absolute Gasteiger partial charge is 0.354 e. The van der Waals surface area contributed by atoms with E-state index in [9.17, 15) is 4.79 Å². The Morgan fingerprint density at radius 1 is 1.32 bits per heavy atom. The van der Waals surface area contributed by atoms with E-state index < -0.39 is 5.97 Å². The van der Waals surface area contributed by atoms with Gasteiger partial charge in [0.05, 0.1) is 26.3 Å². The summed E-state index contributed by atoms with van der Waals surface area (Å²) in [4.78, 5) is 14.7. The number of hydrogen-bond donors (Lipinski definition) is 1. The van der Waals surface area contributed by atoms with Crippen molar-refractivity contribution < 1.29 is 19.0 Å². The van der Waals surface area contributed by atoms with E-state index in [0.717, 1.165) is 9.86 Å². The van der Waals surface area contributed by atoms with Crippen LogP contribution in [0.4, 0.5) is 0 Å². The molecule has 0 bridgehead atoms. The number of fused-ring (bicyclic) bond motifs is 1. The van der Waals surface area contributed by atoms with Gasteiger partial charge in [0.1, 0.15) is 5.69 Å². The Hall–Kier alpha value is -1.69. The third-order valence-corrected chi connectivity index (χ3v) is 3.36. The number of methoxy groups -OCH3 is 2. The Morgan fingerprint density at radius 3 is 2.63 bits per heavy atom. The van der Waals surface area contributed by atoms with E-state index in [1.165, 1.54) is 0 Å². The Bertz CT molecular complexity index is 621. The number of ether oxygens (including phenoxy) is 3. The Kier molecular flexibility index (Phi) is 3.99. The molecule has 1 N–H and O–H groups in total. The molecule has 0 atom stereocenters. The number of esters is 1. The number of rotatable bonds is 4. The van der Waals surface area contributed by atoms with Crippen molar-refractivity contribution in [1.29, 1.82) is 0 Å². The molecule has 1 heterocycles. The molecule has 6 heteroatoms. The lowest BCUT2D eigenvalue weighted by molar-refractivity contribution is 0.0520. The van der Waals surface area contributed by atoms with Crippen LogP contribution in [0.25, 0.3) is 10.9 Å². The first kappa shape index (κ1) is 13.7. The van der Waals surface area contributed by atoms with Gasteiger partial charge in [-0.15, -0.1) is 0 Å². The molecule has 0 amide bonds. The molecular formula is C13H14BrNO4. The second kappa shape index (κ2) is 5.52. The summed E-state index contributed by atoms with van der Waals surface area (Å²) in [5.74, 6) is 0.738. The van der Waals surface area contributed by atoms with E-state index >= 15 is 0 Å². The molecule has 0 radical (unpaired) electrons. The van der Waals surface area contributed by atoms with Gasteiger partial charge in [-0.1, -0.05) is 0 Å². The van der Waals surface area contributed by atoms with Gasteiger partial charge in [-0.05, 0) is 35.0 Å². The minimum absolute atomic E-state index is 0.329. The summed E-state index contributed by atoms with van der Waals surface area (Å²) in [6.07, 6.45) is 0. The van der Waals surface area contributed by atoms with E-state index in [-0.39, 0.29) is 0 Å². The highest BCUT2D eigenvalue weighted by molar-refractivity contribution is 9.10. The van der Waals surface area contributed by atoms with Gasteiger partial charge >= 0.3 is 5.97 Å². The number of carbonyl (C=O) groups excluding carboxylic acids is 1. The molecule has 0 saturated carbocycles. The van der Waals surface area contributed by atoms with Crippen molar-refractivity contribution in [2.24, 2.45) is 0 Å². The summed E-state index contributed by atoms with van der Waals surface area (Å²) in [7, 11) is 3.11. The average Bonchev–Trinajstić information content (AvgIpc) is 2.84. The number of aromatic amines is 1. The summed E-state index contributed by atoms with van der Waals surface area (Å²) in [6, 6.07) is 3.52. The first-order chi connectivity index (χ1) is 9.12. The van der Waals surface area contributed by atoms with Gasteiger partial charge in [-0.3, -0.25) is 0 Å². The Labute approximate surface area is 119 Å². The highest BCUT2D eigenvalue weighted by atomic mass is 79.9. The summed E-state index contributed by atoms with van der Waals surface area (Å²) in [5, 5.41) is 0.834.